The lowest BCUT2D eigenvalue weighted by atomic mass is 9.98. The second-order valence-electron chi connectivity index (χ2n) is 11.5. The summed E-state index contributed by atoms with van der Waals surface area (Å²) in [6.07, 6.45) is -2.04. The third-order valence-electron chi connectivity index (χ3n) is 8.47. The highest BCUT2D eigenvalue weighted by molar-refractivity contribution is 7.19. The number of aryl methyl sites for hydroxylation is 1. The van der Waals surface area contributed by atoms with E-state index in [2.05, 4.69) is 9.97 Å². The van der Waals surface area contributed by atoms with Crippen molar-refractivity contribution in [2.75, 3.05) is 13.1 Å². The van der Waals surface area contributed by atoms with E-state index in [1.165, 1.54) is 29.4 Å². The second-order valence-corrected chi connectivity index (χ2v) is 12.6. The highest BCUT2D eigenvalue weighted by Crippen LogP contribution is 2.63. The van der Waals surface area contributed by atoms with Gasteiger partial charge in [0.05, 0.1) is 39.9 Å². The molecule has 0 bridgehead atoms. The largest absolute Gasteiger partial charge is 0.433 e. The van der Waals surface area contributed by atoms with Gasteiger partial charge in [-0.3, -0.25) is 24.3 Å². The molecule has 3 fully saturated rings. The molecule has 40 heavy (non-hydrogen) atoms. The first kappa shape index (κ1) is 26.8. The predicted molar refractivity (Wildman–Crippen MR) is 142 cm³/mol. The van der Waals surface area contributed by atoms with Gasteiger partial charge in [-0.05, 0) is 48.9 Å². The Balaban J connectivity index is 1.42. The van der Waals surface area contributed by atoms with Gasteiger partial charge >= 0.3 is 6.18 Å². The lowest BCUT2D eigenvalue weighted by molar-refractivity contribution is -0.144. The van der Waals surface area contributed by atoms with Gasteiger partial charge in [0.15, 0.2) is 0 Å². The summed E-state index contributed by atoms with van der Waals surface area (Å²) in [5, 5.41) is 0. The smallest absolute Gasteiger partial charge is 0.338 e. The van der Waals surface area contributed by atoms with E-state index in [0.29, 0.717) is 46.6 Å². The maximum absolute atomic E-state index is 13.9. The molecule has 210 valence electrons. The summed E-state index contributed by atoms with van der Waals surface area (Å²) < 4.78 is 42.1. The molecule has 3 amide bonds. The van der Waals surface area contributed by atoms with Gasteiger partial charge in [-0.1, -0.05) is 13.8 Å². The number of hydrogen-bond acceptors (Lipinski definition) is 7. The molecule has 2 N–H and O–H groups in total. The number of hydrogen-bond donors (Lipinski definition) is 1. The molecule has 3 aromatic heterocycles. The van der Waals surface area contributed by atoms with E-state index in [9.17, 15) is 27.6 Å². The number of fused-ring (bicyclic) bond motifs is 2. The lowest BCUT2D eigenvalue weighted by Gasteiger charge is -2.31. The number of aromatic nitrogens is 2. The second kappa shape index (κ2) is 9.07. The van der Waals surface area contributed by atoms with E-state index < -0.39 is 17.8 Å². The van der Waals surface area contributed by atoms with E-state index in [1.54, 1.807) is 17.0 Å². The summed E-state index contributed by atoms with van der Waals surface area (Å²) in [6, 6.07) is 4.16. The van der Waals surface area contributed by atoms with Crippen LogP contribution in [0.15, 0.2) is 24.4 Å². The summed E-state index contributed by atoms with van der Waals surface area (Å²) in [7, 11) is 0. The molecule has 0 spiro atoms. The number of alkyl halides is 3. The summed E-state index contributed by atoms with van der Waals surface area (Å²) >= 11 is 1.23. The standard InChI is InChI=1S/C28H28F3N5O3S/c1-13-10-18(28(29,30)31)34-22(19(13)24(37)35-8-5-14(32)6-9-35)16-4-7-33-17-11-15(40-23(16)17)12-36-25(38)20-21(26(36)39)27(20,2)3/h4,7,10-11,14,20-21H,5-6,8-9,12,32H2,1-3H3. The Morgan fingerprint density at radius 2 is 1.80 bits per heavy atom. The number of carbonyl (C=O) groups excluding carboxylic acids is 3. The van der Waals surface area contributed by atoms with Crippen LogP contribution in [0, 0.1) is 24.2 Å². The number of carbonyl (C=O) groups is 3. The molecular formula is C28H28F3N5O3S. The van der Waals surface area contributed by atoms with Crippen LogP contribution in [0.5, 0.6) is 0 Å². The number of rotatable bonds is 4. The first-order valence-corrected chi connectivity index (χ1v) is 14.0. The van der Waals surface area contributed by atoms with Crippen molar-refractivity contribution < 1.29 is 27.6 Å². The minimum atomic E-state index is -4.71. The average molecular weight is 572 g/mol. The normalized spacial score (nSPS) is 22.8. The summed E-state index contributed by atoms with van der Waals surface area (Å²) in [6.45, 7) is 6.19. The summed E-state index contributed by atoms with van der Waals surface area (Å²) in [4.78, 5) is 51.3. The number of thiophene rings is 1. The zero-order valence-corrected chi connectivity index (χ0v) is 23.0. The Bertz CT molecular complexity index is 1550. The summed E-state index contributed by atoms with van der Waals surface area (Å²) in [5.41, 5.74) is 5.63. The van der Waals surface area contributed by atoms with Crippen LogP contribution >= 0.6 is 11.3 Å². The van der Waals surface area contributed by atoms with Crippen molar-refractivity contribution in [2.45, 2.75) is 52.4 Å². The van der Waals surface area contributed by atoms with Crippen LogP contribution in [-0.2, 0) is 22.3 Å². The molecule has 12 heteroatoms. The van der Waals surface area contributed by atoms with Gasteiger partial charge in [-0.2, -0.15) is 13.2 Å². The lowest BCUT2D eigenvalue weighted by Crippen LogP contribution is -2.43. The number of halogens is 3. The molecule has 3 aromatic rings. The molecular weight excluding hydrogens is 543 g/mol. The molecule has 3 aliphatic rings. The maximum atomic E-state index is 13.9. The van der Waals surface area contributed by atoms with Crippen molar-refractivity contribution in [1.29, 1.82) is 0 Å². The zero-order chi connectivity index (χ0) is 28.7. The average Bonchev–Trinajstić information content (AvgIpc) is 3.13. The Morgan fingerprint density at radius 1 is 1.15 bits per heavy atom. The number of nitrogens with two attached hydrogens (primary N) is 1. The number of imide groups is 1. The number of piperidine rings is 2. The van der Waals surface area contributed by atoms with Gasteiger partial charge in [0.25, 0.3) is 5.91 Å². The third kappa shape index (κ3) is 4.19. The third-order valence-corrected chi connectivity index (χ3v) is 9.61. The highest BCUT2D eigenvalue weighted by Gasteiger charge is 2.72. The van der Waals surface area contributed by atoms with Crippen molar-refractivity contribution in [3.05, 3.63) is 46.1 Å². The molecule has 1 saturated carbocycles. The molecule has 2 unspecified atom stereocenters. The Morgan fingerprint density at radius 3 is 2.42 bits per heavy atom. The van der Waals surface area contributed by atoms with Gasteiger partial charge in [-0.15, -0.1) is 11.3 Å². The fraction of sp³-hybridized carbons (Fsp3) is 0.464. The van der Waals surface area contributed by atoms with E-state index in [-0.39, 0.29) is 58.5 Å². The summed E-state index contributed by atoms with van der Waals surface area (Å²) in [5.74, 6) is -1.40. The molecule has 2 atom stereocenters. The van der Waals surface area contributed by atoms with Crippen LogP contribution in [-0.4, -0.2) is 56.6 Å². The molecule has 1 aliphatic carbocycles. The molecule has 2 aliphatic heterocycles. The molecule has 8 nitrogen and oxygen atoms in total. The SMILES string of the molecule is Cc1cc(C(F)(F)F)nc(-c2ccnc3cc(CN4C(=O)C5C(C4=O)C5(C)C)sc23)c1C(=O)N1CCC(N)CC1. The van der Waals surface area contributed by atoms with Gasteiger partial charge in [-0.25, -0.2) is 4.98 Å². The van der Waals surface area contributed by atoms with E-state index in [4.69, 9.17) is 5.73 Å². The van der Waals surface area contributed by atoms with Crippen LogP contribution < -0.4 is 5.73 Å². The van der Waals surface area contributed by atoms with Crippen LogP contribution in [0.3, 0.4) is 0 Å². The number of pyridine rings is 2. The van der Waals surface area contributed by atoms with Gasteiger partial charge in [0.1, 0.15) is 5.69 Å². The number of likely N-dealkylation sites (tertiary alicyclic amines) is 2. The zero-order valence-electron chi connectivity index (χ0n) is 22.2. The highest BCUT2D eigenvalue weighted by atomic mass is 32.1. The molecule has 6 rings (SSSR count). The first-order valence-electron chi connectivity index (χ1n) is 13.2. The molecule has 0 aromatic carbocycles. The molecule has 5 heterocycles. The van der Waals surface area contributed by atoms with Crippen LogP contribution in [0.25, 0.3) is 21.5 Å². The van der Waals surface area contributed by atoms with E-state index in [1.807, 2.05) is 13.8 Å². The Kier molecular flexibility index (Phi) is 6.08. The van der Waals surface area contributed by atoms with Crippen LogP contribution in [0.2, 0.25) is 0 Å². The van der Waals surface area contributed by atoms with Crippen molar-refractivity contribution in [3.63, 3.8) is 0 Å². The topological polar surface area (TPSA) is 109 Å². The van der Waals surface area contributed by atoms with Crippen molar-refractivity contribution in [1.82, 2.24) is 19.8 Å². The van der Waals surface area contributed by atoms with Gasteiger partial charge < -0.3 is 10.6 Å². The van der Waals surface area contributed by atoms with Crippen molar-refractivity contribution in [2.24, 2.45) is 23.0 Å². The first-order chi connectivity index (χ1) is 18.8. The maximum Gasteiger partial charge on any atom is 0.433 e. The number of amides is 3. The minimum absolute atomic E-state index is 0.0222. The Labute approximate surface area is 232 Å². The molecule has 0 radical (unpaired) electrons. The fourth-order valence-corrected chi connectivity index (χ4v) is 7.23. The van der Waals surface area contributed by atoms with Crippen LogP contribution in [0.1, 0.15) is 53.2 Å². The van der Waals surface area contributed by atoms with Gasteiger partial charge in [0.2, 0.25) is 11.8 Å². The Hall–Kier alpha value is -3.38. The number of nitrogens with zero attached hydrogens (tertiary/aromatic N) is 4. The minimum Gasteiger partial charge on any atom is -0.338 e. The van der Waals surface area contributed by atoms with Gasteiger partial charge in [0, 0.05) is 35.8 Å². The fourth-order valence-electron chi connectivity index (χ4n) is 6.11. The van der Waals surface area contributed by atoms with Crippen molar-refractivity contribution >= 4 is 39.3 Å². The van der Waals surface area contributed by atoms with E-state index >= 15 is 0 Å². The quantitative estimate of drug-likeness (QED) is 0.466. The van der Waals surface area contributed by atoms with Crippen LogP contribution in [0.4, 0.5) is 13.2 Å². The monoisotopic (exact) mass is 571 g/mol. The van der Waals surface area contributed by atoms with E-state index in [0.717, 1.165) is 6.07 Å². The molecule has 2 saturated heterocycles. The van der Waals surface area contributed by atoms with Crippen molar-refractivity contribution in [3.8, 4) is 11.3 Å². The predicted octanol–water partition coefficient (Wildman–Crippen LogP) is 4.39.